The van der Waals surface area contributed by atoms with Crippen LogP contribution in [0.25, 0.3) is 0 Å². The topological polar surface area (TPSA) is 45.7 Å². The summed E-state index contributed by atoms with van der Waals surface area (Å²) in [5.74, 6) is 2.86. The molecule has 5 heteroatoms. The molecule has 0 bridgehead atoms. The summed E-state index contributed by atoms with van der Waals surface area (Å²) in [6, 6.07) is 3.82. The van der Waals surface area contributed by atoms with Gasteiger partial charge in [0.2, 0.25) is 0 Å². The van der Waals surface area contributed by atoms with E-state index in [4.69, 9.17) is 11.2 Å². The molecule has 1 fully saturated rings. The molecule has 0 aliphatic carbocycles. The number of piperazine rings is 1. The van der Waals surface area contributed by atoms with Crippen molar-refractivity contribution in [3.8, 4) is 12.3 Å². The molecule has 0 spiro atoms. The van der Waals surface area contributed by atoms with Crippen LogP contribution in [-0.4, -0.2) is 52.7 Å². The number of amides is 1. The van der Waals surface area contributed by atoms with E-state index in [1.54, 1.807) is 11.1 Å². The van der Waals surface area contributed by atoms with E-state index in [0.717, 1.165) is 24.3 Å². The average Bonchev–Trinajstić information content (AvgIpc) is 2.49. The Kier molecular flexibility index (Phi) is 5.27. The van der Waals surface area contributed by atoms with Crippen LogP contribution in [-0.2, 0) is 4.74 Å². The molecular weight excluding hydrogens is 290 g/mol. The third-order valence-electron chi connectivity index (χ3n) is 3.83. The summed E-state index contributed by atoms with van der Waals surface area (Å²) in [5, 5.41) is 0. The van der Waals surface area contributed by atoms with Gasteiger partial charge < -0.3 is 9.64 Å². The number of carbonyl (C=O) groups excluding carboxylic acids is 1. The second kappa shape index (κ2) is 7.01. The van der Waals surface area contributed by atoms with Crippen LogP contribution in [0.2, 0.25) is 0 Å². The van der Waals surface area contributed by atoms with E-state index in [0.29, 0.717) is 13.1 Å². The maximum absolute atomic E-state index is 12.1. The molecule has 2 heterocycles. The largest absolute Gasteiger partial charge is 0.444 e. The van der Waals surface area contributed by atoms with E-state index in [2.05, 4.69) is 15.8 Å². The van der Waals surface area contributed by atoms with Crippen molar-refractivity contribution in [3.05, 3.63) is 29.6 Å². The Balaban J connectivity index is 2.00. The minimum Gasteiger partial charge on any atom is -0.444 e. The van der Waals surface area contributed by atoms with Gasteiger partial charge in [-0.05, 0) is 33.8 Å². The van der Waals surface area contributed by atoms with Crippen LogP contribution in [0.5, 0.6) is 0 Å². The molecule has 2 rings (SSSR count). The van der Waals surface area contributed by atoms with Crippen LogP contribution in [0.3, 0.4) is 0 Å². The van der Waals surface area contributed by atoms with Gasteiger partial charge in [-0.3, -0.25) is 9.88 Å². The first-order chi connectivity index (χ1) is 10.8. The third kappa shape index (κ3) is 4.46. The number of rotatable bonds is 2. The monoisotopic (exact) mass is 315 g/mol. The molecule has 1 unspecified atom stereocenters. The van der Waals surface area contributed by atoms with Crippen LogP contribution < -0.4 is 0 Å². The van der Waals surface area contributed by atoms with Gasteiger partial charge in [-0.15, -0.1) is 6.42 Å². The van der Waals surface area contributed by atoms with Crippen molar-refractivity contribution in [2.45, 2.75) is 39.3 Å². The van der Waals surface area contributed by atoms with Crippen molar-refractivity contribution in [2.75, 3.05) is 26.2 Å². The van der Waals surface area contributed by atoms with Crippen molar-refractivity contribution < 1.29 is 9.53 Å². The first-order valence-corrected chi connectivity index (χ1v) is 7.91. The van der Waals surface area contributed by atoms with Gasteiger partial charge in [-0.2, -0.15) is 0 Å². The van der Waals surface area contributed by atoms with Crippen molar-refractivity contribution in [3.63, 3.8) is 0 Å². The number of aryl methyl sites for hydroxylation is 1. The maximum Gasteiger partial charge on any atom is 0.410 e. The number of carbonyl (C=O) groups is 1. The van der Waals surface area contributed by atoms with Crippen LogP contribution in [0.1, 0.15) is 38.1 Å². The summed E-state index contributed by atoms with van der Waals surface area (Å²) in [4.78, 5) is 20.4. The van der Waals surface area contributed by atoms with Gasteiger partial charge in [0.1, 0.15) is 5.60 Å². The summed E-state index contributed by atoms with van der Waals surface area (Å²) < 4.78 is 5.42. The Labute approximate surface area is 138 Å². The quantitative estimate of drug-likeness (QED) is 0.787. The smallest absolute Gasteiger partial charge is 0.410 e. The Morgan fingerprint density at radius 2 is 2.00 bits per heavy atom. The van der Waals surface area contributed by atoms with Gasteiger partial charge in [-0.1, -0.05) is 12.0 Å². The number of ether oxygens (including phenoxy) is 1. The zero-order valence-corrected chi connectivity index (χ0v) is 14.4. The van der Waals surface area contributed by atoms with E-state index in [1.165, 1.54) is 0 Å². The normalized spacial score (nSPS) is 17.4. The first-order valence-electron chi connectivity index (χ1n) is 7.91. The molecule has 5 nitrogen and oxygen atoms in total. The fraction of sp³-hybridized carbons (Fsp3) is 0.556. The fourth-order valence-electron chi connectivity index (χ4n) is 2.67. The molecular formula is C18H25N3O2. The van der Waals surface area contributed by atoms with E-state index in [1.807, 2.05) is 39.8 Å². The molecule has 1 aromatic heterocycles. The highest BCUT2D eigenvalue weighted by molar-refractivity contribution is 5.68. The Bertz CT molecular complexity index is 593. The second-order valence-electron chi connectivity index (χ2n) is 6.75. The number of pyridine rings is 1. The minimum atomic E-state index is -0.470. The highest BCUT2D eigenvalue weighted by Crippen LogP contribution is 2.23. The zero-order valence-electron chi connectivity index (χ0n) is 14.4. The predicted octanol–water partition coefficient (Wildman–Crippen LogP) is 2.62. The molecule has 1 amide bonds. The maximum atomic E-state index is 12.1. The summed E-state index contributed by atoms with van der Waals surface area (Å²) in [5.41, 5.74) is 1.54. The number of hydrogen-bond donors (Lipinski definition) is 0. The Morgan fingerprint density at radius 3 is 2.52 bits per heavy atom. The standard InChI is InChI=1S/C18H25N3O2/c1-6-16(15-8-7-9-19-14(15)2)20-10-12-21(13-11-20)17(22)23-18(3,4)5/h1,7-9,16H,10-13H2,2-5H3. The van der Waals surface area contributed by atoms with Crippen molar-refractivity contribution >= 4 is 6.09 Å². The van der Waals surface area contributed by atoms with Gasteiger partial charge in [-0.25, -0.2) is 4.79 Å². The molecule has 1 saturated heterocycles. The highest BCUT2D eigenvalue weighted by Gasteiger charge is 2.29. The van der Waals surface area contributed by atoms with E-state index in [9.17, 15) is 4.79 Å². The lowest BCUT2D eigenvalue weighted by molar-refractivity contribution is 0.0125. The van der Waals surface area contributed by atoms with Gasteiger partial charge in [0.05, 0.1) is 6.04 Å². The zero-order chi connectivity index (χ0) is 17.0. The first kappa shape index (κ1) is 17.3. The SMILES string of the molecule is C#CC(c1cccnc1C)N1CCN(C(=O)OC(C)(C)C)CC1. The third-order valence-corrected chi connectivity index (χ3v) is 3.83. The number of terminal acetylenes is 1. The second-order valence-corrected chi connectivity index (χ2v) is 6.75. The molecule has 0 saturated carbocycles. The van der Waals surface area contributed by atoms with Gasteiger partial charge in [0.15, 0.2) is 0 Å². The summed E-state index contributed by atoms with van der Waals surface area (Å²) in [6.07, 6.45) is 7.27. The van der Waals surface area contributed by atoms with Crippen LogP contribution in [0.15, 0.2) is 18.3 Å². The number of hydrogen-bond acceptors (Lipinski definition) is 4. The lowest BCUT2D eigenvalue weighted by Gasteiger charge is -2.38. The van der Waals surface area contributed by atoms with E-state index in [-0.39, 0.29) is 12.1 Å². The molecule has 23 heavy (non-hydrogen) atoms. The van der Waals surface area contributed by atoms with Crippen molar-refractivity contribution in [2.24, 2.45) is 0 Å². The van der Waals surface area contributed by atoms with Crippen LogP contribution in [0, 0.1) is 19.3 Å². The molecule has 0 aromatic carbocycles. The van der Waals surface area contributed by atoms with Gasteiger partial charge >= 0.3 is 6.09 Å². The molecule has 1 atom stereocenters. The summed E-state index contributed by atoms with van der Waals surface area (Å²) in [7, 11) is 0. The number of nitrogens with zero attached hydrogens (tertiary/aromatic N) is 3. The summed E-state index contributed by atoms with van der Waals surface area (Å²) >= 11 is 0. The van der Waals surface area contributed by atoms with E-state index < -0.39 is 5.60 Å². The van der Waals surface area contributed by atoms with Gasteiger partial charge in [0, 0.05) is 43.6 Å². The molecule has 124 valence electrons. The van der Waals surface area contributed by atoms with E-state index >= 15 is 0 Å². The average molecular weight is 315 g/mol. The van der Waals surface area contributed by atoms with Crippen molar-refractivity contribution in [1.82, 2.24) is 14.8 Å². The fourth-order valence-corrected chi connectivity index (χ4v) is 2.67. The lowest BCUT2D eigenvalue weighted by atomic mass is 10.0. The Morgan fingerprint density at radius 1 is 1.35 bits per heavy atom. The molecule has 1 aliphatic heterocycles. The Hall–Kier alpha value is -2.06. The van der Waals surface area contributed by atoms with Crippen LogP contribution in [0.4, 0.5) is 4.79 Å². The van der Waals surface area contributed by atoms with Crippen LogP contribution >= 0.6 is 0 Å². The van der Waals surface area contributed by atoms with Gasteiger partial charge in [0.25, 0.3) is 0 Å². The highest BCUT2D eigenvalue weighted by atomic mass is 16.6. The molecule has 1 aromatic rings. The molecule has 1 aliphatic rings. The lowest BCUT2D eigenvalue weighted by Crippen LogP contribution is -2.50. The number of aromatic nitrogens is 1. The summed E-state index contributed by atoms with van der Waals surface area (Å²) in [6.45, 7) is 10.3. The predicted molar refractivity (Wildman–Crippen MR) is 89.9 cm³/mol. The molecule has 0 radical (unpaired) electrons. The minimum absolute atomic E-state index is 0.107. The molecule has 0 N–H and O–H groups in total. The van der Waals surface area contributed by atoms with Crippen molar-refractivity contribution in [1.29, 1.82) is 0 Å².